The smallest absolute Gasteiger partial charge is 0.260 e. The van der Waals surface area contributed by atoms with Crippen molar-refractivity contribution in [3.05, 3.63) is 59.7 Å². The Bertz CT molecular complexity index is 835. The summed E-state index contributed by atoms with van der Waals surface area (Å²) in [6.07, 6.45) is 0. The van der Waals surface area contributed by atoms with Crippen molar-refractivity contribution >= 4 is 32.6 Å². The van der Waals surface area contributed by atoms with Crippen molar-refractivity contribution in [2.24, 2.45) is 0 Å². The molecule has 136 valence electrons. The van der Waals surface area contributed by atoms with Gasteiger partial charge in [-0.25, -0.2) is 4.98 Å². The summed E-state index contributed by atoms with van der Waals surface area (Å²) in [4.78, 5) is 22.1. The first-order chi connectivity index (χ1) is 12.6. The fraction of sp³-hybridized carbons (Fsp3) is 0.333. The lowest BCUT2D eigenvalue weighted by atomic mass is 10.1. The molecule has 1 amide bonds. The van der Waals surface area contributed by atoms with Gasteiger partial charge in [0.15, 0.2) is 5.13 Å². The Hall–Kier alpha value is -2.24. The Balaban J connectivity index is 1.92. The van der Waals surface area contributed by atoms with Gasteiger partial charge in [0.05, 0.1) is 10.2 Å². The minimum absolute atomic E-state index is 0.0104. The fourth-order valence-corrected chi connectivity index (χ4v) is 3.88. The molecular weight excluding hydrogens is 342 g/mol. The van der Waals surface area contributed by atoms with E-state index in [1.807, 2.05) is 54.3 Å². The van der Waals surface area contributed by atoms with Crippen molar-refractivity contribution in [2.75, 3.05) is 31.1 Å². The zero-order chi connectivity index (χ0) is 18.5. The quantitative estimate of drug-likeness (QED) is 0.613. The van der Waals surface area contributed by atoms with E-state index in [0.29, 0.717) is 12.1 Å². The molecule has 5 heteroatoms. The molecule has 4 nitrogen and oxygen atoms in total. The number of nitrogens with zero attached hydrogens (tertiary/aromatic N) is 3. The predicted octanol–water partition coefficient (Wildman–Crippen LogP) is 4.59. The van der Waals surface area contributed by atoms with Crippen LogP contribution in [-0.4, -0.2) is 42.0 Å². The molecule has 0 unspecified atom stereocenters. The van der Waals surface area contributed by atoms with Crippen molar-refractivity contribution in [3.63, 3.8) is 0 Å². The average molecular weight is 368 g/mol. The number of hydrogen-bond acceptors (Lipinski definition) is 4. The normalized spacial score (nSPS) is 11.2. The summed E-state index contributed by atoms with van der Waals surface area (Å²) in [5.41, 5.74) is 2.79. The lowest BCUT2D eigenvalue weighted by Crippen LogP contribution is -2.38. The molecule has 0 aliphatic carbocycles. The van der Waals surface area contributed by atoms with Gasteiger partial charge in [0.2, 0.25) is 0 Å². The fourth-order valence-electron chi connectivity index (χ4n) is 2.89. The number of aryl methyl sites for hydroxylation is 1. The van der Waals surface area contributed by atoms with Gasteiger partial charge in [-0.15, -0.1) is 0 Å². The minimum Gasteiger partial charge on any atom is -0.302 e. The molecule has 0 saturated carbocycles. The van der Waals surface area contributed by atoms with Crippen LogP contribution in [0.4, 0.5) is 5.13 Å². The van der Waals surface area contributed by atoms with E-state index in [1.165, 1.54) is 0 Å². The monoisotopic (exact) mass is 367 g/mol. The van der Waals surface area contributed by atoms with Crippen LogP contribution in [0.2, 0.25) is 0 Å². The Morgan fingerprint density at radius 1 is 1.00 bits per heavy atom. The summed E-state index contributed by atoms with van der Waals surface area (Å²) in [7, 11) is 0. The summed E-state index contributed by atoms with van der Waals surface area (Å²) < 4.78 is 1.10. The molecule has 0 fully saturated rings. The van der Waals surface area contributed by atoms with E-state index in [9.17, 15) is 4.79 Å². The first-order valence-corrected chi connectivity index (χ1v) is 9.90. The molecule has 0 saturated heterocycles. The molecule has 0 radical (unpaired) electrons. The summed E-state index contributed by atoms with van der Waals surface area (Å²) in [5.74, 6) is 0.0104. The van der Waals surface area contributed by atoms with E-state index in [1.54, 1.807) is 11.3 Å². The summed E-state index contributed by atoms with van der Waals surface area (Å²) in [6.45, 7) is 9.74. The van der Waals surface area contributed by atoms with Gasteiger partial charge < -0.3 is 4.90 Å². The molecule has 2 aromatic carbocycles. The Kier molecular flexibility index (Phi) is 6.01. The number of thiazole rings is 1. The lowest BCUT2D eigenvalue weighted by molar-refractivity contribution is 0.0984. The van der Waals surface area contributed by atoms with Crippen molar-refractivity contribution in [1.82, 2.24) is 9.88 Å². The molecule has 3 aromatic rings. The molecule has 0 N–H and O–H groups in total. The van der Waals surface area contributed by atoms with Crippen LogP contribution in [0.3, 0.4) is 0 Å². The van der Waals surface area contributed by atoms with Gasteiger partial charge in [-0.2, -0.15) is 0 Å². The lowest BCUT2D eigenvalue weighted by Gasteiger charge is -2.24. The number of amides is 1. The van der Waals surface area contributed by atoms with Crippen LogP contribution >= 0.6 is 11.3 Å². The molecule has 3 rings (SSSR count). The first kappa shape index (κ1) is 18.5. The topological polar surface area (TPSA) is 36.4 Å². The molecule has 0 bridgehead atoms. The summed E-state index contributed by atoms with van der Waals surface area (Å²) in [5, 5.41) is 0.768. The van der Waals surface area contributed by atoms with Crippen LogP contribution in [-0.2, 0) is 0 Å². The standard InChI is InChI=1S/C21H25N3OS/c1-4-23(5-2)14-15-24(20(25)17-12-10-16(3)11-13-17)21-22-18-8-6-7-9-19(18)26-21/h6-13H,4-5,14-15H2,1-3H3. The van der Waals surface area contributed by atoms with Crippen molar-refractivity contribution in [1.29, 1.82) is 0 Å². The third-order valence-electron chi connectivity index (χ3n) is 4.59. The van der Waals surface area contributed by atoms with Crippen LogP contribution in [0, 0.1) is 6.92 Å². The van der Waals surface area contributed by atoms with Gasteiger partial charge in [0.25, 0.3) is 5.91 Å². The number of likely N-dealkylation sites (N-methyl/N-ethyl adjacent to an activating group) is 1. The first-order valence-electron chi connectivity index (χ1n) is 9.08. The van der Waals surface area contributed by atoms with Gasteiger partial charge in [0, 0.05) is 18.7 Å². The number of para-hydroxylation sites is 1. The number of carbonyl (C=O) groups excluding carboxylic acids is 1. The number of rotatable bonds is 7. The number of hydrogen-bond donors (Lipinski definition) is 0. The predicted molar refractivity (Wildman–Crippen MR) is 110 cm³/mol. The molecule has 0 atom stereocenters. The number of fused-ring (bicyclic) bond motifs is 1. The van der Waals surface area contributed by atoms with Crippen LogP contribution in [0.25, 0.3) is 10.2 Å². The average Bonchev–Trinajstić information content (AvgIpc) is 3.09. The van der Waals surface area contributed by atoms with Crippen LogP contribution < -0.4 is 4.90 Å². The Morgan fingerprint density at radius 2 is 1.69 bits per heavy atom. The van der Waals surface area contributed by atoms with Gasteiger partial charge in [-0.3, -0.25) is 9.69 Å². The van der Waals surface area contributed by atoms with E-state index >= 15 is 0 Å². The van der Waals surface area contributed by atoms with Gasteiger partial charge in [-0.05, 0) is 44.3 Å². The maximum Gasteiger partial charge on any atom is 0.260 e. The van der Waals surface area contributed by atoms with Crippen LogP contribution in [0.1, 0.15) is 29.8 Å². The highest BCUT2D eigenvalue weighted by molar-refractivity contribution is 7.22. The summed E-state index contributed by atoms with van der Waals surface area (Å²) >= 11 is 1.57. The number of aromatic nitrogens is 1. The molecule has 0 aliphatic rings. The highest BCUT2D eigenvalue weighted by atomic mass is 32.1. The van der Waals surface area contributed by atoms with Crippen molar-refractivity contribution in [2.45, 2.75) is 20.8 Å². The summed E-state index contributed by atoms with van der Waals surface area (Å²) in [6, 6.07) is 15.8. The SMILES string of the molecule is CCN(CC)CCN(C(=O)c1ccc(C)cc1)c1nc2ccccc2s1. The minimum atomic E-state index is 0.0104. The number of anilines is 1. The van der Waals surface area contributed by atoms with Gasteiger partial charge in [-0.1, -0.05) is 55.0 Å². The van der Waals surface area contributed by atoms with E-state index in [4.69, 9.17) is 4.98 Å². The molecule has 1 aromatic heterocycles. The zero-order valence-electron chi connectivity index (χ0n) is 15.6. The van der Waals surface area contributed by atoms with E-state index in [2.05, 4.69) is 24.8 Å². The van der Waals surface area contributed by atoms with Crippen LogP contribution in [0.15, 0.2) is 48.5 Å². The van der Waals surface area contributed by atoms with E-state index in [-0.39, 0.29) is 5.91 Å². The van der Waals surface area contributed by atoms with Gasteiger partial charge >= 0.3 is 0 Å². The second-order valence-corrected chi connectivity index (χ2v) is 7.32. The third kappa shape index (κ3) is 4.11. The number of benzene rings is 2. The van der Waals surface area contributed by atoms with E-state index < -0.39 is 0 Å². The molecular formula is C21H25N3OS. The maximum atomic E-state index is 13.2. The van der Waals surface area contributed by atoms with Crippen molar-refractivity contribution in [3.8, 4) is 0 Å². The Morgan fingerprint density at radius 3 is 2.35 bits per heavy atom. The molecule has 0 spiro atoms. The van der Waals surface area contributed by atoms with Crippen molar-refractivity contribution < 1.29 is 4.79 Å². The van der Waals surface area contributed by atoms with E-state index in [0.717, 1.165) is 40.5 Å². The highest BCUT2D eigenvalue weighted by Gasteiger charge is 2.21. The Labute approximate surface area is 159 Å². The molecule has 0 aliphatic heterocycles. The second-order valence-electron chi connectivity index (χ2n) is 6.31. The van der Waals surface area contributed by atoms with Gasteiger partial charge in [0.1, 0.15) is 0 Å². The van der Waals surface area contributed by atoms with Crippen LogP contribution in [0.5, 0.6) is 0 Å². The third-order valence-corrected chi connectivity index (χ3v) is 5.65. The maximum absolute atomic E-state index is 13.2. The second kappa shape index (κ2) is 8.43. The molecule has 26 heavy (non-hydrogen) atoms. The molecule has 1 heterocycles. The zero-order valence-corrected chi connectivity index (χ0v) is 16.4. The number of carbonyl (C=O) groups is 1. The highest BCUT2D eigenvalue weighted by Crippen LogP contribution is 2.29. The largest absolute Gasteiger partial charge is 0.302 e.